The van der Waals surface area contributed by atoms with Gasteiger partial charge >= 0.3 is 0 Å². The molecule has 0 spiro atoms. The average Bonchev–Trinajstić information content (AvgIpc) is 2.88. The smallest absolute Gasteiger partial charge is 0.229 e. The Bertz CT molecular complexity index is 1050. The third-order valence-electron chi connectivity index (χ3n) is 6.14. The fraction of sp³-hybridized carbons (Fsp3) is 0.370. The van der Waals surface area contributed by atoms with Gasteiger partial charge in [0.2, 0.25) is 5.91 Å². The van der Waals surface area contributed by atoms with Crippen LogP contribution in [0.4, 0.5) is 11.5 Å². The van der Waals surface area contributed by atoms with Gasteiger partial charge in [0.1, 0.15) is 12.1 Å². The molecule has 1 aliphatic heterocycles. The first-order valence-corrected chi connectivity index (χ1v) is 12.7. The normalized spacial score (nSPS) is 14.8. The number of carbonyl (C=O) groups excluding carboxylic acids is 1. The fourth-order valence-electron chi connectivity index (χ4n) is 4.20. The van der Waals surface area contributed by atoms with Crippen LogP contribution in [0.3, 0.4) is 0 Å². The van der Waals surface area contributed by atoms with E-state index in [0.29, 0.717) is 5.92 Å². The van der Waals surface area contributed by atoms with Gasteiger partial charge in [0.15, 0.2) is 0 Å². The maximum atomic E-state index is 13.1. The van der Waals surface area contributed by atoms with Gasteiger partial charge in [0.25, 0.3) is 0 Å². The van der Waals surface area contributed by atoms with Crippen LogP contribution in [0.2, 0.25) is 0 Å². The van der Waals surface area contributed by atoms with Crippen molar-refractivity contribution in [2.24, 2.45) is 5.92 Å². The molecule has 1 fully saturated rings. The van der Waals surface area contributed by atoms with Gasteiger partial charge < -0.3 is 14.5 Å². The summed E-state index contributed by atoms with van der Waals surface area (Å²) in [4.78, 5) is 26.7. The van der Waals surface area contributed by atoms with Crippen LogP contribution >= 0.6 is 11.9 Å². The molecule has 3 aromatic rings. The summed E-state index contributed by atoms with van der Waals surface area (Å²) in [6.07, 6.45) is 4.32. The molecule has 1 aliphatic rings. The molecule has 0 bridgehead atoms. The molecule has 1 N–H and O–H groups in total. The predicted octanol–water partition coefficient (Wildman–Crippen LogP) is 5.25. The Morgan fingerprint density at radius 2 is 1.68 bits per heavy atom. The van der Waals surface area contributed by atoms with Crippen LogP contribution in [0.5, 0.6) is 0 Å². The van der Waals surface area contributed by atoms with E-state index in [1.165, 1.54) is 29.5 Å². The van der Waals surface area contributed by atoms with E-state index in [1.54, 1.807) is 6.20 Å². The summed E-state index contributed by atoms with van der Waals surface area (Å²) in [6, 6.07) is 18.9. The molecule has 178 valence electrons. The van der Waals surface area contributed by atoms with Crippen molar-refractivity contribution in [1.82, 2.24) is 14.9 Å². The number of amides is 1. The van der Waals surface area contributed by atoms with Crippen molar-refractivity contribution in [3.05, 3.63) is 78.2 Å². The number of hydrogen-bond acceptors (Lipinski definition) is 6. The molecule has 1 aromatic heterocycles. The SMILES string of the molecule is CC(C)Cc1ccc([C@H](C)C(=O)N2CCN(c3ccc(SNc4ccncn4)cc3)CC2)cc1. The van der Waals surface area contributed by atoms with Crippen molar-refractivity contribution in [2.75, 3.05) is 35.8 Å². The molecule has 0 unspecified atom stereocenters. The van der Waals surface area contributed by atoms with Gasteiger partial charge in [-0.1, -0.05) is 38.1 Å². The maximum Gasteiger partial charge on any atom is 0.229 e. The number of anilines is 2. The fourth-order valence-corrected chi connectivity index (χ4v) is 4.82. The Morgan fingerprint density at radius 3 is 2.29 bits per heavy atom. The molecule has 0 aliphatic carbocycles. The van der Waals surface area contributed by atoms with Crippen LogP contribution < -0.4 is 9.62 Å². The van der Waals surface area contributed by atoms with Crippen LogP contribution in [0.1, 0.15) is 37.8 Å². The van der Waals surface area contributed by atoms with E-state index in [0.717, 1.165) is 48.9 Å². The Kier molecular flexibility index (Phi) is 8.06. The van der Waals surface area contributed by atoms with E-state index in [4.69, 9.17) is 0 Å². The van der Waals surface area contributed by atoms with E-state index in [9.17, 15) is 4.79 Å². The second-order valence-corrected chi connectivity index (χ2v) is 10.0. The van der Waals surface area contributed by atoms with Crippen LogP contribution in [-0.2, 0) is 11.2 Å². The maximum absolute atomic E-state index is 13.1. The highest BCUT2D eigenvalue weighted by atomic mass is 32.2. The van der Waals surface area contributed by atoms with Gasteiger partial charge in [-0.15, -0.1) is 0 Å². The molecule has 1 saturated heterocycles. The average molecular weight is 476 g/mol. The minimum absolute atomic E-state index is 0.113. The first-order chi connectivity index (χ1) is 16.5. The number of aromatic nitrogens is 2. The van der Waals surface area contributed by atoms with Crippen molar-refractivity contribution >= 4 is 29.4 Å². The lowest BCUT2D eigenvalue weighted by atomic mass is 9.95. The van der Waals surface area contributed by atoms with Crippen LogP contribution in [0.15, 0.2) is 72.0 Å². The van der Waals surface area contributed by atoms with Crippen LogP contribution in [0.25, 0.3) is 0 Å². The molecule has 6 nitrogen and oxygen atoms in total. The van der Waals surface area contributed by atoms with Gasteiger partial charge in [0, 0.05) is 43.0 Å². The summed E-state index contributed by atoms with van der Waals surface area (Å²) >= 11 is 1.53. The van der Waals surface area contributed by atoms with Crippen molar-refractivity contribution in [2.45, 2.75) is 38.0 Å². The molecular formula is C27H33N5OS. The first-order valence-electron chi connectivity index (χ1n) is 11.9. The number of hydrogen-bond donors (Lipinski definition) is 1. The summed E-state index contributed by atoms with van der Waals surface area (Å²) in [6.45, 7) is 9.67. The Balaban J connectivity index is 1.27. The van der Waals surface area contributed by atoms with Gasteiger partial charge in [-0.05, 0) is 72.7 Å². The minimum Gasteiger partial charge on any atom is -0.368 e. The lowest BCUT2D eigenvalue weighted by Gasteiger charge is -2.37. The highest BCUT2D eigenvalue weighted by Crippen LogP contribution is 2.25. The Labute approximate surface area is 206 Å². The molecular weight excluding hydrogens is 442 g/mol. The van der Waals surface area contributed by atoms with Gasteiger partial charge in [0.05, 0.1) is 5.92 Å². The highest BCUT2D eigenvalue weighted by Gasteiger charge is 2.26. The van der Waals surface area contributed by atoms with E-state index in [1.807, 2.05) is 17.9 Å². The van der Waals surface area contributed by atoms with E-state index in [2.05, 4.69) is 82.0 Å². The van der Waals surface area contributed by atoms with E-state index in [-0.39, 0.29) is 11.8 Å². The van der Waals surface area contributed by atoms with E-state index >= 15 is 0 Å². The molecule has 4 rings (SSSR count). The molecule has 34 heavy (non-hydrogen) atoms. The van der Waals surface area contributed by atoms with Crippen LogP contribution in [-0.4, -0.2) is 47.0 Å². The Morgan fingerprint density at radius 1 is 0.971 bits per heavy atom. The largest absolute Gasteiger partial charge is 0.368 e. The lowest BCUT2D eigenvalue weighted by molar-refractivity contribution is -0.132. The number of carbonyl (C=O) groups is 1. The number of piperazine rings is 1. The first kappa shape index (κ1) is 24.1. The predicted molar refractivity (Wildman–Crippen MR) is 140 cm³/mol. The molecule has 0 saturated carbocycles. The minimum atomic E-state index is -0.113. The number of nitrogens with zero attached hydrogens (tertiary/aromatic N) is 4. The summed E-state index contributed by atoms with van der Waals surface area (Å²) in [5.41, 5.74) is 3.62. The molecule has 7 heteroatoms. The topological polar surface area (TPSA) is 61.4 Å². The van der Waals surface area contributed by atoms with Crippen molar-refractivity contribution in [1.29, 1.82) is 0 Å². The zero-order chi connectivity index (χ0) is 23.9. The molecule has 2 aromatic carbocycles. The zero-order valence-electron chi connectivity index (χ0n) is 20.1. The van der Waals surface area contributed by atoms with Gasteiger partial charge in [-0.2, -0.15) is 0 Å². The third kappa shape index (κ3) is 6.29. The van der Waals surface area contributed by atoms with Crippen molar-refractivity contribution in [3.63, 3.8) is 0 Å². The summed E-state index contributed by atoms with van der Waals surface area (Å²) in [5.74, 6) is 1.53. The molecule has 2 heterocycles. The lowest BCUT2D eigenvalue weighted by Crippen LogP contribution is -2.49. The van der Waals surface area contributed by atoms with Crippen molar-refractivity contribution < 1.29 is 4.79 Å². The summed E-state index contributed by atoms with van der Waals surface area (Å²) < 4.78 is 3.22. The summed E-state index contributed by atoms with van der Waals surface area (Å²) in [5, 5.41) is 0. The number of benzene rings is 2. The standard InChI is InChI=1S/C27H33N5OS/c1-20(2)18-22-4-6-23(7-5-22)21(3)27(33)32-16-14-31(15-17-32)24-8-10-25(11-9-24)34-30-26-12-13-28-19-29-26/h4-13,19-21H,14-18H2,1-3H3,(H,28,29,30)/t21-/m0/s1. The Hall–Kier alpha value is -3.06. The second-order valence-electron chi connectivity index (χ2n) is 9.17. The van der Waals surface area contributed by atoms with Crippen LogP contribution in [0, 0.1) is 5.92 Å². The molecule has 1 atom stereocenters. The number of rotatable bonds is 8. The monoisotopic (exact) mass is 475 g/mol. The van der Waals surface area contributed by atoms with E-state index < -0.39 is 0 Å². The van der Waals surface area contributed by atoms with Gasteiger partial charge in [-0.3, -0.25) is 4.79 Å². The third-order valence-corrected chi connectivity index (χ3v) is 6.96. The summed E-state index contributed by atoms with van der Waals surface area (Å²) in [7, 11) is 0. The molecule has 0 radical (unpaired) electrons. The quantitative estimate of drug-likeness (QED) is 0.449. The second kappa shape index (κ2) is 11.4. The zero-order valence-corrected chi connectivity index (χ0v) is 21.0. The van der Waals surface area contributed by atoms with Crippen molar-refractivity contribution in [3.8, 4) is 0 Å². The van der Waals surface area contributed by atoms with Gasteiger partial charge in [-0.25, -0.2) is 9.97 Å². The number of nitrogens with one attached hydrogen (secondary N) is 1. The molecule has 1 amide bonds. The highest BCUT2D eigenvalue weighted by molar-refractivity contribution is 8.00.